The average molecular weight is 342 g/mol. The Morgan fingerprint density at radius 3 is 2.73 bits per heavy atom. The average Bonchev–Trinajstić information content (AvgIpc) is 2.92. The van der Waals surface area contributed by atoms with Crippen LogP contribution in [-0.2, 0) is 16.0 Å². The number of carbonyl (C=O) groups excluding carboxylic acids is 1. The summed E-state index contributed by atoms with van der Waals surface area (Å²) in [5, 5.41) is 10.1. The molecule has 1 heterocycles. The van der Waals surface area contributed by atoms with Crippen LogP contribution in [0.25, 0.3) is 0 Å². The third-order valence-electron chi connectivity index (χ3n) is 4.12. The summed E-state index contributed by atoms with van der Waals surface area (Å²) in [5.74, 6) is -0.830. The van der Waals surface area contributed by atoms with E-state index in [1.165, 1.54) is 4.90 Å². The number of aliphatic carboxylic acids is 1. The van der Waals surface area contributed by atoms with E-state index in [-0.39, 0.29) is 17.7 Å². The van der Waals surface area contributed by atoms with E-state index in [4.69, 9.17) is 11.6 Å². The van der Waals surface area contributed by atoms with Crippen molar-refractivity contribution < 1.29 is 14.7 Å². The highest BCUT2D eigenvalue weighted by atomic mass is 35.5. The number of thiol groups is 1. The number of halogens is 1. The van der Waals surface area contributed by atoms with Gasteiger partial charge >= 0.3 is 5.97 Å². The van der Waals surface area contributed by atoms with Gasteiger partial charge in [-0.1, -0.05) is 36.7 Å². The van der Waals surface area contributed by atoms with Crippen LogP contribution in [0, 0.1) is 11.8 Å². The minimum atomic E-state index is -0.943. The molecule has 3 atom stereocenters. The van der Waals surface area contributed by atoms with Gasteiger partial charge in [-0.25, -0.2) is 4.79 Å². The molecule has 0 spiro atoms. The second-order valence-electron chi connectivity index (χ2n) is 5.83. The number of carboxylic acid groups (broad SMARTS) is 1. The molecule has 1 aliphatic rings. The number of hydrogen-bond donors (Lipinski definition) is 2. The van der Waals surface area contributed by atoms with Gasteiger partial charge in [0, 0.05) is 23.2 Å². The first-order chi connectivity index (χ1) is 10.4. The molecule has 2 rings (SSSR count). The molecule has 1 fully saturated rings. The number of likely N-dealkylation sites (tertiary alicyclic amines) is 1. The summed E-state index contributed by atoms with van der Waals surface area (Å²) in [6.45, 7) is 2.23. The van der Waals surface area contributed by atoms with E-state index < -0.39 is 12.0 Å². The van der Waals surface area contributed by atoms with Crippen molar-refractivity contribution >= 4 is 36.1 Å². The smallest absolute Gasteiger partial charge is 0.326 e. The quantitative estimate of drug-likeness (QED) is 0.810. The van der Waals surface area contributed by atoms with E-state index in [1.54, 1.807) is 6.92 Å². The molecule has 0 radical (unpaired) electrons. The van der Waals surface area contributed by atoms with E-state index in [9.17, 15) is 14.7 Å². The van der Waals surface area contributed by atoms with Gasteiger partial charge in [0.25, 0.3) is 0 Å². The number of carbonyl (C=O) groups is 2. The second-order valence-corrected chi connectivity index (χ2v) is 6.60. The zero-order valence-electron chi connectivity index (χ0n) is 12.4. The standard InChI is InChI=1S/C16H20ClNO3S/c1-10(9-22)15(19)18-8-11(7-14(18)16(20)21)6-12-4-2-3-5-13(12)17/h2-5,10-11,14,22H,6-9H2,1H3,(H,20,21)/t10?,11?,14-/m0/s1. The summed E-state index contributed by atoms with van der Waals surface area (Å²) in [4.78, 5) is 25.3. The van der Waals surface area contributed by atoms with Gasteiger partial charge in [0.2, 0.25) is 5.91 Å². The van der Waals surface area contributed by atoms with Gasteiger partial charge in [-0.3, -0.25) is 4.79 Å². The van der Waals surface area contributed by atoms with Crippen LogP contribution in [0.3, 0.4) is 0 Å². The lowest BCUT2D eigenvalue weighted by atomic mass is 9.97. The minimum Gasteiger partial charge on any atom is -0.480 e. The van der Waals surface area contributed by atoms with Crippen molar-refractivity contribution in [2.24, 2.45) is 11.8 Å². The zero-order valence-corrected chi connectivity index (χ0v) is 14.1. The highest BCUT2D eigenvalue weighted by Crippen LogP contribution is 2.30. The first-order valence-electron chi connectivity index (χ1n) is 7.31. The van der Waals surface area contributed by atoms with Crippen LogP contribution in [0.15, 0.2) is 24.3 Å². The Hall–Kier alpha value is -1.20. The molecule has 120 valence electrons. The first-order valence-corrected chi connectivity index (χ1v) is 8.32. The van der Waals surface area contributed by atoms with Gasteiger partial charge in [-0.05, 0) is 30.4 Å². The third-order valence-corrected chi connectivity index (χ3v) is 5.03. The zero-order chi connectivity index (χ0) is 16.3. The van der Waals surface area contributed by atoms with Gasteiger partial charge in [-0.2, -0.15) is 12.6 Å². The van der Waals surface area contributed by atoms with Gasteiger partial charge in [-0.15, -0.1) is 0 Å². The minimum absolute atomic E-state index is 0.108. The molecule has 6 heteroatoms. The Kier molecular flexibility index (Phi) is 5.75. The maximum atomic E-state index is 12.3. The molecule has 1 aliphatic heterocycles. The fraction of sp³-hybridized carbons (Fsp3) is 0.500. The first kappa shape index (κ1) is 17.2. The van der Waals surface area contributed by atoms with Crippen LogP contribution < -0.4 is 0 Å². The maximum Gasteiger partial charge on any atom is 0.326 e. The van der Waals surface area contributed by atoms with Crippen LogP contribution in [0.1, 0.15) is 18.9 Å². The fourth-order valence-electron chi connectivity index (χ4n) is 2.88. The molecule has 0 bridgehead atoms. The Balaban J connectivity index is 2.12. The van der Waals surface area contributed by atoms with Crippen molar-refractivity contribution in [2.45, 2.75) is 25.8 Å². The van der Waals surface area contributed by atoms with Crippen LogP contribution in [0.5, 0.6) is 0 Å². The van der Waals surface area contributed by atoms with Crippen molar-refractivity contribution in [1.82, 2.24) is 4.90 Å². The topological polar surface area (TPSA) is 57.6 Å². The lowest BCUT2D eigenvalue weighted by Gasteiger charge is -2.24. The predicted molar refractivity (Wildman–Crippen MR) is 89.4 cm³/mol. The molecule has 1 aromatic carbocycles. The SMILES string of the molecule is CC(CS)C(=O)N1CC(Cc2ccccc2Cl)C[C@H]1C(=O)O. The van der Waals surface area contributed by atoms with Crippen molar-refractivity contribution in [2.75, 3.05) is 12.3 Å². The number of carboxylic acids is 1. The van der Waals surface area contributed by atoms with Gasteiger partial charge in [0.15, 0.2) is 0 Å². The van der Waals surface area contributed by atoms with E-state index in [2.05, 4.69) is 12.6 Å². The Morgan fingerprint density at radius 2 is 2.14 bits per heavy atom. The third kappa shape index (κ3) is 3.76. The molecule has 1 amide bonds. The van der Waals surface area contributed by atoms with Crippen molar-refractivity contribution in [3.63, 3.8) is 0 Å². The van der Waals surface area contributed by atoms with Gasteiger partial charge < -0.3 is 10.0 Å². The summed E-state index contributed by atoms with van der Waals surface area (Å²) < 4.78 is 0. The number of hydrogen-bond acceptors (Lipinski definition) is 3. The summed E-state index contributed by atoms with van der Waals surface area (Å²) in [6.07, 6.45) is 1.15. The highest BCUT2D eigenvalue weighted by molar-refractivity contribution is 7.80. The molecule has 1 aromatic rings. The second kappa shape index (κ2) is 7.38. The van der Waals surface area contributed by atoms with Crippen molar-refractivity contribution in [3.8, 4) is 0 Å². The summed E-state index contributed by atoms with van der Waals surface area (Å²) in [6, 6.07) is 6.80. The van der Waals surface area contributed by atoms with Gasteiger partial charge in [0.05, 0.1) is 0 Å². The molecule has 22 heavy (non-hydrogen) atoms. The molecule has 4 nitrogen and oxygen atoms in total. The monoisotopic (exact) mass is 341 g/mol. The lowest BCUT2D eigenvalue weighted by Crippen LogP contribution is -2.43. The molecule has 2 unspecified atom stereocenters. The molecule has 0 aliphatic carbocycles. The molecule has 0 saturated carbocycles. The summed E-state index contributed by atoms with van der Waals surface area (Å²) in [5.41, 5.74) is 0.995. The largest absolute Gasteiger partial charge is 0.480 e. The molecule has 0 aromatic heterocycles. The van der Waals surface area contributed by atoms with Crippen LogP contribution >= 0.6 is 24.2 Å². The van der Waals surface area contributed by atoms with Crippen molar-refractivity contribution in [3.05, 3.63) is 34.9 Å². The predicted octanol–water partition coefficient (Wildman–Crippen LogP) is 2.75. The van der Waals surface area contributed by atoms with E-state index in [0.717, 1.165) is 5.56 Å². The number of amides is 1. The fourth-order valence-corrected chi connectivity index (χ4v) is 3.25. The normalized spacial score (nSPS) is 22.6. The Morgan fingerprint density at radius 1 is 1.45 bits per heavy atom. The number of nitrogens with zero attached hydrogens (tertiary/aromatic N) is 1. The Bertz CT molecular complexity index is 566. The summed E-state index contributed by atoms with van der Waals surface area (Å²) >= 11 is 10.3. The van der Waals surface area contributed by atoms with E-state index in [1.807, 2.05) is 24.3 Å². The van der Waals surface area contributed by atoms with Gasteiger partial charge in [0.1, 0.15) is 6.04 Å². The van der Waals surface area contributed by atoms with Crippen LogP contribution in [-0.4, -0.2) is 40.2 Å². The van der Waals surface area contributed by atoms with E-state index >= 15 is 0 Å². The Labute approximate surface area is 140 Å². The van der Waals surface area contributed by atoms with E-state index in [0.29, 0.717) is 30.2 Å². The maximum absolute atomic E-state index is 12.3. The van der Waals surface area contributed by atoms with Crippen LogP contribution in [0.2, 0.25) is 5.02 Å². The lowest BCUT2D eigenvalue weighted by molar-refractivity contribution is -0.149. The molecule has 1 N–H and O–H groups in total. The van der Waals surface area contributed by atoms with Crippen LogP contribution in [0.4, 0.5) is 0 Å². The number of benzene rings is 1. The number of rotatable bonds is 5. The van der Waals surface area contributed by atoms with Crippen molar-refractivity contribution in [1.29, 1.82) is 0 Å². The highest BCUT2D eigenvalue weighted by Gasteiger charge is 2.40. The summed E-state index contributed by atoms with van der Waals surface area (Å²) in [7, 11) is 0. The molecular weight excluding hydrogens is 322 g/mol. The molecular formula is C16H20ClNO3S. The molecule has 1 saturated heterocycles.